The number of carbonyl (C=O) groups is 2. The van der Waals surface area contributed by atoms with Crippen molar-refractivity contribution in [2.45, 2.75) is 26.3 Å². The Balaban J connectivity index is 1.45. The van der Waals surface area contributed by atoms with Gasteiger partial charge in [0.2, 0.25) is 0 Å². The molecule has 26 heavy (non-hydrogen) atoms. The van der Waals surface area contributed by atoms with E-state index >= 15 is 0 Å². The van der Waals surface area contributed by atoms with E-state index in [9.17, 15) is 14.7 Å². The zero-order valence-electron chi connectivity index (χ0n) is 14.6. The van der Waals surface area contributed by atoms with E-state index < -0.39 is 11.9 Å². The van der Waals surface area contributed by atoms with Crippen molar-refractivity contribution < 1.29 is 14.7 Å². The summed E-state index contributed by atoms with van der Waals surface area (Å²) >= 11 is 0. The smallest absolute Gasteiger partial charge is 0.308 e. The van der Waals surface area contributed by atoms with E-state index in [0.29, 0.717) is 31.1 Å². The number of hydrogen-bond acceptors (Lipinski definition) is 5. The van der Waals surface area contributed by atoms with Gasteiger partial charge in [0, 0.05) is 18.7 Å². The van der Waals surface area contributed by atoms with Crippen LogP contribution in [0.25, 0.3) is 0 Å². The van der Waals surface area contributed by atoms with E-state index in [1.54, 1.807) is 21.7 Å². The van der Waals surface area contributed by atoms with Crippen LogP contribution in [0.1, 0.15) is 34.6 Å². The molecule has 0 radical (unpaired) electrons. The van der Waals surface area contributed by atoms with Gasteiger partial charge in [-0.2, -0.15) is 0 Å². The first-order chi connectivity index (χ1) is 12.5. The second-order valence-electron chi connectivity index (χ2n) is 7.24. The van der Waals surface area contributed by atoms with E-state index in [2.05, 4.69) is 15.5 Å². The van der Waals surface area contributed by atoms with Crippen LogP contribution in [-0.2, 0) is 11.3 Å². The molecule has 8 nitrogen and oxygen atoms in total. The SMILES string of the molecule is Cc1nnnn1Cc1ccc(C(=O)N2C[C@@H](C(=O)O)[C@H](C3CC3)C2)cc1. The van der Waals surface area contributed by atoms with Crippen LogP contribution in [0.15, 0.2) is 24.3 Å². The number of aromatic nitrogens is 4. The van der Waals surface area contributed by atoms with Gasteiger partial charge in [-0.15, -0.1) is 5.10 Å². The van der Waals surface area contributed by atoms with Crippen molar-refractivity contribution in [2.24, 2.45) is 17.8 Å². The van der Waals surface area contributed by atoms with Gasteiger partial charge in [0.1, 0.15) is 5.82 Å². The predicted molar refractivity (Wildman–Crippen MR) is 91.3 cm³/mol. The van der Waals surface area contributed by atoms with Gasteiger partial charge in [0.25, 0.3) is 5.91 Å². The molecular formula is C18H21N5O3. The average Bonchev–Trinajstić information content (AvgIpc) is 3.25. The number of likely N-dealkylation sites (tertiary alicyclic amines) is 1. The molecule has 2 aliphatic rings. The highest BCUT2D eigenvalue weighted by Gasteiger charge is 2.46. The summed E-state index contributed by atoms with van der Waals surface area (Å²) in [7, 11) is 0. The zero-order chi connectivity index (χ0) is 18.3. The summed E-state index contributed by atoms with van der Waals surface area (Å²) in [5.41, 5.74) is 1.58. The second-order valence-corrected chi connectivity index (χ2v) is 7.24. The Hall–Kier alpha value is -2.77. The fourth-order valence-corrected chi connectivity index (χ4v) is 3.76. The van der Waals surface area contributed by atoms with Crippen LogP contribution in [0, 0.1) is 24.7 Å². The van der Waals surface area contributed by atoms with Crippen molar-refractivity contribution in [3.05, 3.63) is 41.2 Å². The monoisotopic (exact) mass is 355 g/mol. The Labute approximate surface area is 150 Å². The third-order valence-corrected chi connectivity index (χ3v) is 5.44. The highest BCUT2D eigenvalue weighted by molar-refractivity contribution is 5.95. The summed E-state index contributed by atoms with van der Waals surface area (Å²) in [5.74, 6) is -0.0233. The first kappa shape index (κ1) is 16.7. The molecule has 1 aliphatic heterocycles. The molecule has 1 aromatic heterocycles. The van der Waals surface area contributed by atoms with E-state index in [-0.39, 0.29) is 11.8 Å². The van der Waals surface area contributed by atoms with E-state index in [0.717, 1.165) is 24.2 Å². The van der Waals surface area contributed by atoms with Gasteiger partial charge in [-0.25, -0.2) is 4.68 Å². The van der Waals surface area contributed by atoms with Crippen molar-refractivity contribution in [1.29, 1.82) is 0 Å². The summed E-state index contributed by atoms with van der Waals surface area (Å²) in [5, 5.41) is 20.8. The van der Waals surface area contributed by atoms with Gasteiger partial charge in [0.15, 0.2) is 0 Å². The van der Waals surface area contributed by atoms with Gasteiger partial charge in [-0.3, -0.25) is 9.59 Å². The van der Waals surface area contributed by atoms with Crippen LogP contribution >= 0.6 is 0 Å². The molecule has 1 saturated carbocycles. The van der Waals surface area contributed by atoms with Crippen molar-refractivity contribution in [1.82, 2.24) is 25.1 Å². The van der Waals surface area contributed by atoms with Gasteiger partial charge in [-0.05, 0) is 59.7 Å². The van der Waals surface area contributed by atoms with Crippen molar-refractivity contribution in [3.8, 4) is 0 Å². The number of aliphatic carboxylic acids is 1. The number of hydrogen-bond donors (Lipinski definition) is 1. The molecule has 1 saturated heterocycles. The molecule has 2 aromatic rings. The number of amides is 1. The molecule has 0 bridgehead atoms. The molecule has 0 unspecified atom stereocenters. The molecular weight excluding hydrogens is 334 g/mol. The molecule has 1 N–H and O–H groups in total. The van der Waals surface area contributed by atoms with Crippen molar-refractivity contribution in [2.75, 3.05) is 13.1 Å². The first-order valence-electron chi connectivity index (χ1n) is 8.86. The van der Waals surface area contributed by atoms with Crippen LogP contribution in [0.4, 0.5) is 0 Å². The lowest BCUT2D eigenvalue weighted by Crippen LogP contribution is -2.29. The van der Waals surface area contributed by atoms with Crippen LogP contribution in [0.5, 0.6) is 0 Å². The topological polar surface area (TPSA) is 101 Å². The molecule has 1 aliphatic carbocycles. The van der Waals surface area contributed by atoms with Gasteiger partial charge >= 0.3 is 5.97 Å². The number of benzene rings is 1. The molecule has 136 valence electrons. The zero-order valence-corrected chi connectivity index (χ0v) is 14.6. The summed E-state index contributed by atoms with van der Waals surface area (Å²) < 4.78 is 1.69. The Morgan fingerprint density at radius 1 is 1.19 bits per heavy atom. The van der Waals surface area contributed by atoms with Gasteiger partial charge < -0.3 is 10.0 Å². The van der Waals surface area contributed by atoms with Gasteiger partial charge in [-0.1, -0.05) is 12.1 Å². The van der Waals surface area contributed by atoms with Crippen LogP contribution in [-0.4, -0.2) is 55.2 Å². The van der Waals surface area contributed by atoms with E-state index in [1.807, 2.05) is 19.1 Å². The fraction of sp³-hybridized carbons (Fsp3) is 0.500. The molecule has 1 amide bonds. The highest BCUT2D eigenvalue weighted by Crippen LogP contribution is 2.44. The average molecular weight is 355 g/mol. The number of carboxylic acid groups (broad SMARTS) is 1. The lowest BCUT2D eigenvalue weighted by molar-refractivity contribution is -0.142. The maximum absolute atomic E-state index is 12.8. The largest absolute Gasteiger partial charge is 0.481 e. The number of aryl methyl sites for hydroxylation is 1. The summed E-state index contributed by atoms with van der Waals surface area (Å²) in [4.78, 5) is 26.0. The molecule has 2 fully saturated rings. The third kappa shape index (κ3) is 3.18. The number of carbonyl (C=O) groups excluding carboxylic acids is 1. The first-order valence-corrected chi connectivity index (χ1v) is 8.86. The quantitative estimate of drug-likeness (QED) is 0.865. The lowest BCUT2D eigenvalue weighted by Gasteiger charge is -2.16. The molecule has 0 spiro atoms. The predicted octanol–water partition coefficient (Wildman–Crippen LogP) is 1.21. The minimum absolute atomic E-state index is 0.0930. The van der Waals surface area contributed by atoms with Crippen LogP contribution in [0.2, 0.25) is 0 Å². The van der Waals surface area contributed by atoms with E-state index in [4.69, 9.17) is 0 Å². The molecule has 1 aromatic carbocycles. The standard InChI is InChI=1S/C18H21N5O3/c1-11-19-20-21-23(11)8-12-2-4-14(5-3-12)17(24)22-9-15(13-6-7-13)16(10-22)18(25)26/h2-5,13,15-16H,6-10H2,1H3,(H,25,26)/t15-,16+/m0/s1. The Bertz CT molecular complexity index is 828. The minimum atomic E-state index is -0.788. The van der Waals surface area contributed by atoms with Gasteiger partial charge in [0.05, 0.1) is 12.5 Å². The summed E-state index contributed by atoms with van der Waals surface area (Å²) in [6, 6.07) is 7.35. The Morgan fingerprint density at radius 3 is 2.50 bits per heavy atom. The number of carboxylic acids is 1. The number of rotatable bonds is 5. The highest BCUT2D eigenvalue weighted by atomic mass is 16.4. The number of tetrazole rings is 1. The summed E-state index contributed by atoms with van der Waals surface area (Å²) in [6.07, 6.45) is 2.17. The Kier molecular flexibility index (Phi) is 4.18. The second kappa shape index (κ2) is 6.51. The lowest BCUT2D eigenvalue weighted by atomic mass is 9.92. The maximum atomic E-state index is 12.8. The molecule has 2 atom stereocenters. The molecule has 2 heterocycles. The minimum Gasteiger partial charge on any atom is -0.481 e. The van der Waals surface area contributed by atoms with Crippen LogP contribution in [0.3, 0.4) is 0 Å². The van der Waals surface area contributed by atoms with Crippen LogP contribution < -0.4 is 0 Å². The molecule has 8 heteroatoms. The normalized spacial score (nSPS) is 22.6. The van der Waals surface area contributed by atoms with E-state index in [1.165, 1.54) is 0 Å². The third-order valence-electron chi connectivity index (χ3n) is 5.44. The maximum Gasteiger partial charge on any atom is 0.308 e. The van der Waals surface area contributed by atoms with Crippen molar-refractivity contribution >= 4 is 11.9 Å². The number of nitrogens with zero attached hydrogens (tertiary/aromatic N) is 5. The summed E-state index contributed by atoms with van der Waals surface area (Å²) in [6.45, 7) is 3.23. The Morgan fingerprint density at radius 2 is 1.92 bits per heavy atom. The van der Waals surface area contributed by atoms with Crippen molar-refractivity contribution in [3.63, 3.8) is 0 Å². The molecule has 4 rings (SSSR count). The fourth-order valence-electron chi connectivity index (χ4n) is 3.76.